The first-order valence-corrected chi connectivity index (χ1v) is 7.28. The van der Waals surface area contributed by atoms with Crippen molar-refractivity contribution in [3.8, 4) is 0 Å². The van der Waals surface area contributed by atoms with Crippen LogP contribution in [0.3, 0.4) is 0 Å². The first-order valence-electron chi connectivity index (χ1n) is 6.52. The molecule has 2 aliphatic rings. The standard InChI is InChI=1S/C15H12Cl2O4/c1-21-14(20)13(19)9-6-10-11(15(10,16)17)7-4-2-3-5-8(7)12(9)18/h2-5,9-11H,6H2,1H3. The van der Waals surface area contributed by atoms with Gasteiger partial charge in [-0.2, -0.15) is 0 Å². The number of benzene rings is 1. The van der Waals surface area contributed by atoms with Crippen molar-refractivity contribution in [2.75, 3.05) is 7.11 Å². The Bertz CT molecular complexity index is 653. The van der Waals surface area contributed by atoms with Gasteiger partial charge in [0.1, 0.15) is 4.33 Å². The molecule has 0 radical (unpaired) electrons. The normalized spacial score (nSPS) is 28.9. The second kappa shape index (κ2) is 4.82. The quantitative estimate of drug-likeness (QED) is 0.362. The molecule has 6 heteroatoms. The van der Waals surface area contributed by atoms with Crippen molar-refractivity contribution < 1.29 is 19.1 Å². The Balaban J connectivity index is 2.06. The predicted molar refractivity (Wildman–Crippen MR) is 76.6 cm³/mol. The summed E-state index contributed by atoms with van der Waals surface area (Å²) in [6.07, 6.45) is 0.166. The van der Waals surface area contributed by atoms with Gasteiger partial charge in [-0.25, -0.2) is 4.79 Å². The number of ether oxygens (including phenoxy) is 1. The van der Waals surface area contributed by atoms with Gasteiger partial charge in [0.2, 0.25) is 0 Å². The van der Waals surface area contributed by atoms with Gasteiger partial charge in [0.15, 0.2) is 5.78 Å². The average Bonchev–Trinajstić information content (AvgIpc) is 3.06. The first-order chi connectivity index (χ1) is 9.89. The SMILES string of the molecule is COC(=O)C(=O)C1CC2C(c3ccccc3C1=O)C2(Cl)Cl. The maximum absolute atomic E-state index is 12.6. The van der Waals surface area contributed by atoms with E-state index >= 15 is 0 Å². The number of carbonyl (C=O) groups excluding carboxylic acids is 3. The summed E-state index contributed by atoms with van der Waals surface area (Å²) in [6, 6.07) is 6.94. The van der Waals surface area contributed by atoms with E-state index in [1.165, 1.54) is 0 Å². The lowest BCUT2D eigenvalue weighted by Gasteiger charge is -2.14. The van der Waals surface area contributed by atoms with E-state index in [0.29, 0.717) is 5.56 Å². The number of alkyl halides is 2. The molecule has 0 spiro atoms. The molecule has 4 nitrogen and oxygen atoms in total. The first kappa shape index (κ1) is 14.5. The van der Waals surface area contributed by atoms with Crippen molar-refractivity contribution in [1.29, 1.82) is 0 Å². The van der Waals surface area contributed by atoms with E-state index in [1.807, 2.05) is 0 Å². The Labute approximate surface area is 131 Å². The summed E-state index contributed by atoms with van der Waals surface area (Å²) in [5.74, 6) is -3.69. The molecular formula is C15H12Cl2O4. The summed E-state index contributed by atoms with van der Waals surface area (Å²) in [6.45, 7) is 0. The number of Topliss-reactive ketones (excluding diaryl/α,β-unsaturated/α-hetero) is 2. The Hall–Kier alpha value is -1.39. The zero-order valence-electron chi connectivity index (χ0n) is 11.1. The van der Waals surface area contributed by atoms with Crippen LogP contribution in [-0.2, 0) is 14.3 Å². The lowest BCUT2D eigenvalue weighted by molar-refractivity contribution is -0.153. The molecule has 1 fully saturated rings. The molecule has 0 heterocycles. The van der Waals surface area contributed by atoms with E-state index in [4.69, 9.17) is 23.2 Å². The zero-order chi connectivity index (χ0) is 15.4. The molecule has 0 bridgehead atoms. The molecule has 3 rings (SSSR count). The second-order valence-electron chi connectivity index (χ2n) is 5.35. The van der Waals surface area contributed by atoms with Crippen LogP contribution in [-0.4, -0.2) is 29.0 Å². The van der Waals surface area contributed by atoms with Crippen LogP contribution < -0.4 is 0 Å². The maximum Gasteiger partial charge on any atom is 0.375 e. The maximum atomic E-state index is 12.6. The molecule has 1 aromatic rings. The van der Waals surface area contributed by atoms with Crippen molar-refractivity contribution in [2.45, 2.75) is 16.7 Å². The molecule has 1 aromatic carbocycles. The summed E-state index contributed by atoms with van der Waals surface area (Å²) < 4.78 is 3.44. The molecular weight excluding hydrogens is 315 g/mol. The molecule has 21 heavy (non-hydrogen) atoms. The number of carbonyl (C=O) groups is 3. The highest BCUT2D eigenvalue weighted by molar-refractivity contribution is 6.52. The van der Waals surface area contributed by atoms with Crippen LogP contribution in [0, 0.1) is 11.8 Å². The number of ketones is 2. The number of halogens is 2. The molecule has 2 aliphatic carbocycles. The molecule has 0 aromatic heterocycles. The highest BCUT2D eigenvalue weighted by Crippen LogP contribution is 2.68. The minimum Gasteiger partial charge on any atom is -0.463 e. The summed E-state index contributed by atoms with van der Waals surface area (Å²) in [4.78, 5) is 36.1. The number of hydrogen-bond donors (Lipinski definition) is 0. The molecule has 0 amide bonds. The summed E-state index contributed by atoms with van der Waals surface area (Å²) in [5, 5.41) is 0. The lowest BCUT2D eigenvalue weighted by Crippen LogP contribution is -2.32. The molecule has 0 saturated heterocycles. The smallest absolute Gasteiger partial charge is 0.375 e. The largest absolute Gasteiger partial charge is 0.463 e. The fraction of sp³-hybridized carbons (Fsp3) is 0.400. The van der Waals surface area contributed by atoms with E-state index in [2.05, 4.69) is 4.74 Å². The Morgan fingerprint density at radius 3 is 2.62 bits per heavy atom. The second-order valence-corrected chi connectivity index (χ2v) is 6.80. The van der Waals surface area contributed by atoms with Crippen molar-refractivity contribution in [3.05, 3.63) is 35.4 Å². The van der Waals surface area contributed by atoms with Crippen LogP contribution in [0.15, 0.2) is 24.3 Å². The average molecular weight is 327 g/mol. The van der Waals surface area contributed by atoms with E-state index in [0.717, 1.165) is 12.7 Å². The van der Waals surface area contributed by atoms with Gasteiger partial charge in [0.05, 0.1) is 13.0 Å². The van der Waals surface area contributed by atoms with Gasteiger partial charge in [0.25, 0.3) is 5.78 Å². The lowest BCUT2D eigenvalue weighted by atomic mass is 9.89. The number of esters is 1. The van der Waals surface area contributed by atoms with Crippen LogP contribution in [0.5, 0.6) is 0 Å². The van der Waals surface area contributed by atoms with E-state index < -0.39 is 22.0 Å². The number of hydrogen-bond acceptors (Lipinski definition) is 4. The minimum absolute atomic E-state index is 0.166. The molecule has 1 saturated carbocycles. The zero-order valence-corrected chi connectivity index (χ0v) is 12.6. The van der Waals surface area contributed by atoms with Crippen molar-refractivity contribution in [2.24, 2.45) is 11.8 Å². The topological polar surface area (TPSA) is 60.4 Å². The van der Waals surface area contributed by atoms with Crippen LogP contribution in [0.25, 0.3) is 0 Å². The summed E-state index contributed by atoms with van der Waals surface area (Å²) in [5.41, 5.74) is 1.16. The van der Waals surface area contributed by atoms with Gasteiger partial charge in [-0.1, -0.05) is 24.3 Å². The molecule has 0 aliphatic heterocycles. The van der Waals surface area contributed by atoms with E-state index in [1.54, 1.807) is 24.3 Å². The van der Waals surface area contributed by atoms with Gasteiger partial charge in [-0.15, -0.1) is 23.2 Å². The third-order valence-corrected chi connectivity index (χ3v) is 5.30. The fourth-order valence-corrected chi connectivity index (χ4v) is 3.96. The molecule has 110 valence electrons. The Morgan fingerprint density at radius 2 is 1.95 bits per heavy atom. The Morgan fingerprint density at radius 1 is 1.29 bits per heavy atom. The molecule has 0 N–H and O–H groups in total. The van der Waals surface area contributed by atoms with Gasteiger partial charge in [0, 0.05) is 17.4 Å². The summed E-state index contributed by atoms with van der Waals surface area (Å²) in [7, 11) is 1.11. The Kier molecular flexibility index (Phi) is 3.34. The highest BCUT2D eigenvalue weighted by atomic mass is 35.5. The van der Waals surface area contributed by atoms with Crippen LogP contribution >= 0.6 is 23.2 Å². The van der Waals surface area contributed by atoms with Gasteiger partial charge >= 0.3 is 5.97 Å². The monoisotopic (exact) mass is 326 g/mol. The number of methoxy groups -OCH3 is 1. The van der Waals surface area contributed by atoms with Crippen LogP contribution in [0.4, 0.5) is 0 Å². The van der Waals surface area contributed by atoms with Crippen molar-refractivity contribution in [1.82, 2.24) is 0 Å². The summed E-state index contributed by atoms with van der Waals surface area (Å²) >= 11 is 12.5. The van der Waals surface area contributed by atoms with Crippen LogP contribution in [0.1, 0.15) is 28.3 Å². The third-order valence-electron chi connectivity index (χ3n) is 4.27. The van der Waals surface area contributed by atoms with Gasteiger partial charge in [-0.05, 0) is 12.0 Å². The van der Waals surface area contributed by atoms with Crippen molar-refractivity contribution >= 4 is 40.7 Å². The number of rotatable bonds is 2. The number of fused-ring (bicyclic) bond motifs is 3. The molecule has 3 atom stereocenters. The van der Waals surface area contributed by atoms with Crippen LogP contribution in [0.2, 0.25) is 0 Å². The van der Waals surface area contributed by atoms with E-state index in [9.17, 15) is 14.4 Å². The molecule has 3 unspecified atom stereocenters. The predicted octanol–water partition coefficient (Wildman–Crippen LogP) is 2.52. The minimum atomic E-state index is -1.08. The van der Waals surface area contributed by atoms with Gasteiger partial charge < -0.3 is 4.74 Å². The third kappa shape index (κ3) is 2.09. The fourth-order valence-electron chi connectivity index (χ4n) is 3.12. The van der Waals surface area contributed by atoms with E-state index in [-0.39, 0.29) is 24.0 Å². The van der Waals surface area contributed by atoms with Gasteiger partial charge in [-0.3, -0.25) is 9.59 Å². The van der Waals surface area contributed by atoms with Crippen molar-refractivity contribution in [3.63, 3.8) is 0 Å². The highest BCUT2D eigenvalue weighted by Gasteiger charge is 2.66.